The van der Waals surface area contributed by atoms with Gasteiger partial charge in [0.2, 0.25) is 5.75 Å². The topological polar surface area (TPSA) is 67.6 Å². The summed E-state index contributed by atoms with van der Waals surface area (Å²) < 4.78 is 5.42. The maximum atomic E-state index is 11.2. The molecule has 1 aliphatic carbocycles. The third-order valence-corrected chi connectivity index (χ3v) is 3.31. The van der Waals surface area contributed by atoms with Gasteiger partial charge in [-0.1, -0.05) is 0 Å². The number of thiocarbonyl (C=S) groups is 1. The van der Waals surface area contributed by atoms with Gasteiger partial charge >= 0.3 is 5.69 Å². The molecule has 0 saturated heterocycles. The van der Waals surface area contributed by atoms with Crippen molar-refractivity contribution >= 4 is 23.1 Å². The highest BCUT2D eigenvalue weighted by Gasteiger charge is 2.22. The number of nitro benzene ring substituents is 1. The van der Waals surface area contributed by atoms with E-state index in [-0.39, 0.29) is 16.6 Å². The SMILES string of the molecule is CN(C)NC(=S)Oc1cc2c(cc1[N+](=O)[O-])CCCC2. The van der Waals surface area contributed by atoms with Gasteiger partial charge in [0.05, 0.1) is 4.92 Å². The smallest absolute Gasteiger partial charge is 0.311 e. The van der Waals surface area contributed by atoms with Crippen molar-refractivity contribution in [2.24, 2.45) is 0 Å². The van der Waals surface area contributed by atoms with Crippen LogP contribution in [-0.2, 0) is 12.8 Å². The Morgan fingerprint density at radius 3 is 2.50 bits per heavy atom. The zero-order valence-electron chi connectivity index (χ0n) is 11.5. The summed E-state index contributed by atoms with van der Waals surface area (Å²) in [5.74, 6) is 0.204. The van der Waals surface area contributed by atoms with Crippen molar-refractivity contribution < 1.29 is 9.66 Å². The predicted octanol–water partition coefficient (Wildman–Crippen LogP) is 2.20. The van der Waals surface area contributed by atoms with E-state index in [1.54, 1.807) is 31.2 Å². The molecule has 0 atom stereocenters. The maximum Gasteiger partial charge on any atom is 0.311 e. The van der Waals surface area contributed by atoms with E-state index >= 15 is 0 Å². The monoisotopic (exact) mass is 295 g/mol. The highest BCUT2D eigenvalue weighted by Crippen LogP contribution is 2.34. The Balaban J connectivity index is 2.30. The molecular weight excluding hydrogens is 278 g/mol. The first-order valence-electron chi connectivity index (χ1n) is 6.43. The lowest BCUT2D eigenvalue weighted by Crippen LogP contribution is -2.38. The molecule has 6 nitrogen and oxygen atoms in total. The average molecular weight is 295 g/mol. The summed E-state index contributed by atoms with van der Waals surface area (Å²) in [7, 11) is 3.52. The molecule has 0 amide bonds. The van der Waals surface area contributed by atoms with Crippen LogP contribution in [0.25, 0.3) is 0 Å². The van der Waals surface area contributed by atoms with Crippen molar-refractivity contribution in [3.63, 3.8) is 0 Å². The normalized spacial score (nSPS) is 13.8. The number of hydrazine groups is 1. The first kappa shape index (κ1) is 14.7. The molecule has 1 aromatic rings. The number of fused-ring (bicyclic) bond motifs is 1. The van der Waals surface area contributed by atoms with Crippen LogP contribution in [0.2, 0.25) is 0 Å². The van der Waals surface area contributed by atoms with Gasteiger partial charge in [0.25, 0.3) is 5.17 Å². The largest absolute Gasteiger partial charge is 0.424 e. The van der Waals surface area contributed by atoms with Crippen molar-refractivity contribution in [2.75, 3.05) is 14.1 Å². The van der Waals surface area contributed by atoms with Gasteiger partial charge in [-0.25, -0.2) is 5.01 Å². The minimum atomic E-state index is -0.428. The molecule has 7 heteroatoms. The van der Waals surface area contributed by atoms with E-state index in [0.29, 0.717) is 0 Å². The van der Waals surface area contributed by atoms with Gasteiger partial charge in [0.15, 0.2) is 0 Å². The van der Waals surface area contributed by atoms with Crippen LogP contribution < -0.4 is 10.2 Å². The molecule has 2 rings (SSSR count). The minimum absolute atomic E-state index is 0.0337. The fourth-order valence-corrected chi connectivity index (χ4v) is 2.55. The van der Waals surface area contributed by atoms with E-state index in [1.165, 1.54) is 0 Å². The quantitative estimate of drug-likeness (QED) is 0.524. The van der Waals surface area contributed by atoms with Crippen LogP contribution >= 0.6 is 12.2 Å². The van der Waals surface area contributed by atoms with Crippen LogP contribution in [0.15, 0.2) is 12.1 Å². The van der Waals surface area contributed by atoms with Gasteiger partial charge in [-0.3, -0.25) is 15.5 Å². The highest BCUT2D eigenvalue weighted by atomic mass is 32.1. The maximum absolute atomic E-state index is 11.2. The fourth-order valence-electron chi connectivity index (χ4n) is 2.28. The second-order valence-corrected chi connectivity index (χ2v) is 5.32. The van der Waals surface area contributed by atoms with Crippen LogP contribution in [0.1, 0.15) is 24.0 Å². The first-order chi connectivity index (χ1) is 9.47. The van der Waals surface area contributed by atoms with E-state index in [2.05, 4.69) is 5.43 Å². The molecule has 0 unspecified atom stereocenters. The van der Waals surface area contributed by atoms with Crippen LogP contribution in [0, 0.1) is 10.1 Å². The Kier molecular flexibility index (Phi) is 4.51. The Labute approximate surface area is 122 Å². The van der Waals surface area contributed by atoms with E-state index in [1.807, 2.05) is 0 Å². The van der Waals surface area contributed by atoms with Crippen molar-refractivity contribution in [2.45, 2.75) is 25.7 Å². The van der Waals surface area contributed by atoms with E-state index in [0.717, 1.165) is 36.8 Å². The molecule has 0 bridgehead atoms. The molecule has 0 heterocycles. The molecule has 0 fully saturated rings. The molecule has 0 radical (unpaired) electrons. The molecule has 0 aromatic heterocycles. The third-order valence-electron chi connectivity index (χ3n) is 3.14. The lowest BCUT2D eigenvalue weighted by molar-refractivity contribution is -0.385. The minimum Gasteiger partial charge on any atom is -0.424 e. The Bertz CT molecular complexity index is 546. The van der Waals surface area contributed by atoms with E-state index < -0.39 is 4.92 Å². The second-order valence-electron chi connectivity index (χ2n) is 4.95. The molecule has 0 aliphatic heterocycles. The number of nitrogens with one attached hydrogen (secondary N) is 1. The molecule has 0 saturated carbocycles. The summed E-state index contributed by atoms with van der Waals surface area (Å²) in [6.07, 6.45) is 3.99. The average Bonchev–Trinajstić information content (AvgIpc) is 2.36. The number of hydrogen-bond donors (Lipinski definition) is 1. The van der Waals surface area contributed by atoms with Crippen LogP contribution in [0.5, 0.6) is 5.75 Å². The van der Waals surface area contributed by atoms with Crippen LogP contribution in [0.4, 0.5) is 5.69 Å². The van der Waals surface area contributed by atoms with Crippen molar-refractivity contribution in [3.8, 4) is 5.75 Å². The Hall–Kier alpha value is -1.73. The summed E-state index contributed by atoms with van der Waals surface area (Å²) in [5.41, 5.74) is 4.88. The van der Waals surface area contributed by atoms with Crippen molar-refractivity contribution in [1.82, 2.24) is 10.4 Å². The summed E-state index contributed by atoms with van der Waals surface area (Å²) in [5, 5.41) is 12.9. The lowest BCUT2D eigenvalue weighted by Gasteiger charge is -2.18. The van der Waals surface area contributed by atoms with Crippen LogP contribution in [0.3, 0.4) is 0 Å². The van der Waals surface area contributed by atoms with E-state index in [9.17, 15) is 10.1 Å². The van der Waals surface area contributed by atoms with Crippen molar-refractivity contribution in [1.29, 1.82) is 0 Å². The predicted molar refractivity (Wildman–Crippen MR) is 79.8 cm³/mol. The standard InChI is InChI=1S/C13H17N3O3S/c1-15(2)14-13(20)19-12-8-10-6-4-3-5-9(10)7-11(12)16(17)18/h7-8H,3-6H2,1-2H3,(H,14,20). The third kappa shape index (κ3) is 3.43. The highest BCUT2D eigenvalue weighted by molar-refractivity contribution is 7.80. The number of hydrogen-bond acceptors (Lipinski definition) is 5. The number of nitro groups is 1. The Morgan fingerprint density at radius 2 is 1.95 bits per heavy atom. The summed E-state index contributed by atoms with van der Waals surface area (Å²) in [4.78, 5) is 10.7. The first-order valence-corrected chi connectivity index (χ1v) is 6.84. The van der Waals surface area contributed by atoms with Gasteiger partial charge in [0.1, 0.15) is 0 Å². The lowest BCUT2D eigenvalue weighted by atomic mass is 9.91. The molecule has 1 N–H and O–H groups in total. The van der Waals surface area contributed by atoms with Gasteiger partial charge in [0, 0.05) is 20.2 Å². The zero-order chi connectivity index (χ0) is 14.7. The molecule has 1 aliphatic rings. The second kappa shape index (κ2) is 6.15. The number of ether oxygens (including phenoxy) is 1. The van der Waals surface area contributed by atoms with E-state index in [4.69, 9.17) is 17.0 Å². The summed E-state index contributed by atoms with van der Waals surface area (Å²) in [6, 6.07) is 3.36. The molecular formula is C13H17N3O3S. The molecule has 108 valence electrons. The van der Waals surface area contributed by atoms with Gasteiger partial charge in [-0.2, -0.15) is 0 Å². The van der Waals surface area contributed by atoms with Gasteiger partial charge in [-0.15, -0.1) is 0 Å². The number of aryl methyl sites for hydroxylation is 2. The van der Waals surface area contributed by atoms with Gasteiger partial charge < -0.3 is 4.74 Å². The number of nitrogens with zero attached hydrogens (tertiary/aromatic N) is 2. The van der Waals surface area contributed by atoms with Gasteiger partial charge in [-0.05, 0) is 55.1 Å². The number of benzene rings is 1. The number of rotatable bonds is 3. The molecule has 0 spiro atoms. The van der Waals surface area contributed by atoms with Crippen LogP contribution in [-0.4, -0.2) is 29.2 Å². The molecule has 1 aromatic carbocycles. The van der Waals surface area contributed by atoms with Crippen molar-refractivity contribution in [3.05, 3.63) is 33.4 Å². The Morgan fingerprint density at radius 1 is 1.35 bits per heavy atom. The molecule has 20 heavy (non-hydrogen) atoms. The fraction of sp³-hybridized carbons (Fsp3) is 0.462. The summed E-state index contributed by atoms with van der Waals surface area (Å²) >= 11 is 5.02. The zero-order valence-corrected chi connectivity index (χ0v) is 12.3. The summed E-state index contributed by atoms with van der Waals surface area (Å²) in [6.45, 7) is 0.